The van der Waals surface area contributed by atoms with Crippen molar-refractivity contribution in [2.24, 2.45) is 0 Å². The molecule has 0 aromatic heterocycles. The molecule has 1 rings (SSSR count). The number of esters is 1. The van der Waals surface area contributed by atoms with Crippen LogP contribution in [0, 0.1) is 0 Å². The summed E-state index contributed by atoms with van der Waals surface area (Å²) in [7, 11) is 0. The lowest BCUT2D eigenvalue weighted by atomic mass is 10.2. The van der Waals surface area contributed by atoms with Crippen LogP contribution in [0.25, 0.3) is 0 Å². The smallest absolute Gasteiger partial charge is 0.327 e. The molecular formula is C10H15NO6S. The molecule has 3 N–H and O–H groups in total. The second-order valence-corrected chi connectivity index (χ2v) is 4.92. The van der Waals surface area contributed by atoms with Gasteiger partial charge < -0.3 is 20.3 Å². The van der Waals surface area contributed by atoms with Crippen LogP contribution < -0.4 is 5.32 Å². The minimum absolute atomic E-state index is 0.206. The second-order valence-electron chi connectivity index (χ2n) is 3.77. The standard InChI is InChI=1S/C10H15NO6S/c12-7-4-8(13)17-2-1-3-18-5-6(10(15)16)11-9(7)14/h6-7,12H,1-5H2,(H,11,14)(H,15,16). The van der Waals surface area contributed by atoms with Crippen molar-refractivity contribution >= 4 is 29.6 Å². The Balaban J connectivity index is 2.66. The minimum atomic E-state index is -1.58. The molecule has 0 bridgehead atoms. The first-order chi connectivity index (χ1) is 8.50. The van der Waals surface area contributed by atoms with Crippen molar-refractivity contribution in [2.45, 2.75) is 25.0 Å². The van der Waals surface area contributed by atoms with E-state index in [9.17, 15) is 19.5 Å². The molecule has 2 atom stereocenters. The van der Waals surface area contributed by atoms with Crippen molar-refractivity contribution in [1.29, 1.82) is 0 Å². The van der Waals surface area contributed by atoms with Crippen LogP contribution in [0.1, 0.15) is 12.8 Å². The van der Waals surface area contributed by atoms with E-state index < -0.39 is 36.4 Å². The Labute approximate surface area is 108 Å². The number of ether oxygens (including phenoxy) is 1. The van der Waals surface area contributed by atoms with Gasteiger partial charge in [0.25, 0.3) is 0 Å². The molecule has 1 fully saturated rings. The number of thioether (sulfide) groups is 1. The summed E-state index contributed by atoms with van der Waals surface area (Å²) in [4.78, 5) is 33.5. The first-order valence-electron chi connectivity index (χ1n) is 5.45. The van der Waals surface area contributed by atoms with Crippen LogP contribution in [0.2, 0.25) is 0 Å². The van der Waals surface area contributed by atoms with Gasteiger partial charge in [0.15, 0.2) is 0 Å². The largest absolute Gasteiger partial charge is 0.480 e. The molecule has 1 aliphatic rings. The van der Waals surface area contributed by atoms with E-state index in [2.05, 4.69) is 5.32 Å². The number of aliphatic hydroxyl groups excluding tert-OH is 1. The molecule has 0 spiro atoms. The van der Waals surface area contributed by atoms with E-state index in [1.54, 1.807) is 0 Å². The topological polar surface area (TPSA) is 113 Å². The van der Waals surface area contributed by atoms with Crippen molar-refractivity contribution in [3.05, 3.63) is 0 Å². The van der Waals surface area contributed by atoms with Crippen molar-refractivity contribution in [2.75, 3.05) is 18.1 Å². The molecule has 0 aromatic carbocycles. The summed E-state index contributed by atoms with van der Waals surface area (Å²) in [6, 6.07) is -1.06. The number of aliphatic carboxylic acids is 1. The van der Waals surface area contributed by atoms with Crippen LogP contribution in [-0.2, 0) is 19.1 Å². The lowest BCUT2D eigenvalue weighted by Gasteiger charge is -2.18. The average molecular weight is 277 g/mol. The van der Waals surface area contributed by atoms with Crippen LogP contribution >= 0.6 is 11.8 Å². The van der Waals surface area contributed by atoms with E-state index in [1.165, 1.54) is 11.8 Å². The predicted octanol–water partition coefficient (Wildman–Crippen LogP) is -1.01. The van der Waals surface area contributed by atoms with Crippen molar-refractivity contribution in [3.63, 3.8) is 0 Å². The Morgan fingerprint density at radius 1 is 1.44 bits per heavy atom. The fourth-order valence-corrected chi connectivity index (χ4v) is 2.25. The Kier molecular flexibility index (Phi) is 5.93. The molecule has 7 nitrogen and oxygen atoms in total. The third-order valence-electron chi connectivity index (χ3n) is 2.26. The summed E-state index contributed by atoms with van der Waals surface area (Å²) in [5.41, 5.74) is 0. The molecular weight excluding hydrogens is 262 g/mol. The van der Waals surface area contributed by atoms with Gasteiger partial charge in [-0.3, -0.25) is 9.59 Å². The number of carboxylic acid groups (broad SMARTS) is 1. The second kappa shape index (κ2) is 7.22. The number of nitrogens with one attached hydrogen (secondary N) is 1. The number of cyclic esters (lactones) is 1. The summed E-state index contributed by atoms with van der Waals surface area (Å²) in [5.74, 6) is -1.87. The van der Waals surface area contributed by atoms with Gasteiger partial charge in [-0.05, 0) is 12.2 Å². The predicted molar refractivity (Wildman–Crippen MR) is 63.1 cm³/mol. The van der Waals surface area contributed by atoms with Gasteiger partial charge in [0.1, 0.15) is 12.1 Å². The van der Waals surface area contributed by atoms with Crippen LogP contribution in [-0.4, -0.2) is 58.3 Å². The SMILES string of the molecule is O=C1CC(O)C(=O)NC(C(=O)O)CSCCCO1. The number of aliphatic hydroxyl groups is 1. The number of amides is 1. The molecule has 0 radical (unpaired) electrons. The molecule has 8 heteroatoms. The van der Waals surface area contributed by atoms with Crippen molar-refractivity contribution in [3.8, 4) is 0 Å². The summed E-state index contributed by atoms with van der Waals surface area (Å²) in [5, 5.41) is 20.5. The molecule has 1 saturated heterocycles. The third kappa shape index (κ3) is 4.92. The first kappa shape index (κ1) is 14.8. The van der Waals surface area contributed by atoms with Gasteiger partial charge in [-0.1, -0.05) is 0 Å². The van der Waals surface area contributed by atoms with Crippen molar-refractivity contribution < 1.29 is 29.3 Å². The molecule has 0 aliphatic carbocycles. The van der Waals surface area contributed by atoms with E-state index in [0.29, 0.717) is 12.2 Å². The molecule has 0 saturated carbocycles. The summed E-state index contributed by atoms with van der Waals surface area (Å²) < 4.78 is 4.80. The number of hydrogen-bond donors (Lipinski definition) is 3. The number of hydrogen-bond acceptors (Lipinski definition) is 6. The lowest BCUT2D eigenvalue weighted by Crippen LogP contribution is -2.47. The highest BCUT2D eigenvalue weighted by Crippen LogP contribution is 2.08. The number of carbonyl (C=O) groups is 3. The monoisotopic (exact) mass is 277 g/mol. The summed E-state index contributed by atoms with van der Waals surface area (Å²) in [6.07, 6.45) is -1.44. The molecule has 1 aliphatic heterocycles. The molecule has 2 unspecified atom stereocenters. The van der Waals surface area contributed by atoms with E-state index in [-0.39, 0.29) is 12.4 Å². The highest BCUT2D eigenvalue weighted by atomic mass is 32.2. The van der Waals surface area contributed by atoms with E-state index >= 15 is 0 Å². The summed E-state index contributed by atoms with van der Waals surface area (Å²) in [6.45, 7) is 0.206. The summed E-state index contributed by atoms with van der Waals surface area (Å²) >= 11 is 1.34. The maximum Gasteiger partial charge on any atom is 0.327 e. The number of rotatable bonds is 1. The van der Waals surface area contributed by atoms with E-state index in [4.69, 9.17) is 9.84 Å². The Morgan fingerprint density at radius 2 is 2.17 bits per heavy atom. The van der Waals surface area contributed by atoms with Crippen LogP contribution in [0.4, 0.5) is 0 Å². The Hall–Kier alpha value is -1.28. The van der Waals surface area contributed by atoms with Crippen molar-refractivity contribution in [1.82, 2.24) is 5.32 Å². The zero-order valence-corrected chi connectivity index (χ0v) is 10.4. The van der Waals surface area contributed by atoms with Gasteiger partial charge in [0.05, 0.1) is 13.0 Å². The normalized spacial score (nSPS) is 27.4. The lowest BCUT2D eigenvalue weighted by molar-refractivity contribution is -0.150. The maximum atomic E-state index is 11.4. The highest BCUT2D eigenvalue weighted by molar-refractivity contribution is 7.99. The number of carboxylic acids is 1. The van der Waals surface area contributed by atoms with Gasteiger partial charge in [-0.2, -0.15) is 11.8 Å². The molecule has 1 heterocycles. The zero-order chi connectivity index (χ0) is 13.5. The zero-order valence-electron chi connectivity index (χ0n) is 9.63. The van der Waals surface area contributed by atoms with Gasteiger partial charge in [-0.15, -0.1) is 0 Å². The number of carbonyl (C=O) groups excluding carboxylic acids is 2. The quantitative estimate of drug-likeness (QED) is 0.526. The molecule has 0 aromatic rings. The third-order valence-corrected chi connectivity index (χ3v) is 3.40. The van der Waals surface area contributed by atoms with Gasteiger partial charge in [0.2, 0.25) is 5.91 Å². The average Bonchev–Trinajstić information content (AvgIpc) is 2.29. The van der Waals surface area contributed by atoms with Crippen LogP contribution in [0.5, 0.6) is 0 Å². The van der Waals surface area contributed by atoms with E-state index in [1.807, 2.05) is 0 Å². The fourth-order valence-electron chi connectivity index (χ4n) is 1.30. The Bertz CT molecular complexity index is 334. The van der Waals surface area contributed by atoms with Crippen LogP contribution in [0.3, 0.4) is 0 Å². The van der Waals surface area contributed by atoms with Gasteiger partial charge >= 0.3 is 11.9 Å². The maximum absolute atomic E-state index is 11.4. The Morgan fingerprint density at radius 3 is 2.83 bits per heavy atom. The molecule has 102 valence electrons. The van der Waals surface area contributed by atoms with Gasteiger partial charge in [-0.25, -0.2) is 4.79 Å². The minimum Gasteiger partial charge on any atom is -0.480 e. The van der Waals surface area contributed by atoms with Crippen LogP contribution in [0.15, 0.2) is 0 Å². The highest BCUT2D eigenvalue weighted by Gasteiger charge is 2.26. The molecule has 18 heavy (non-hydrogen) atoms. The van der Waals surface area contributed by atoms with Gasteiger partial charge in [0, 0.05) is 5.75 Å². The first-order valence-corrected chi connectivity index (χ1v) is 6.61. The fraction of sp³-hybridized carbons (Fsp3) is 0.700. The van der Waals surface area contributed by atoms with E-state index in [0.717, 1.165) is 0 Å². The molecule has 1 amide bonds.